The van der Waals surface area contributed by atoms with Crippen molar-refractivity contribution in [1.82, 2.24) is 0 Å². The van der Waals surface area contributed by atoms with Crippen LogP contribution in [-0.2, 0) is 4.79 Å². The fourth-order valence-electron chi connectivity index (χ4n) is 1.71. The number of carbonyl (C=O) groups excluding carboxylic acids is 1. The molecular weight excluding hydrogens is 254 g/mol. The minimum Gasteiger partial charge on any atom is -0.484 e. The average molecular weight is 271 g/mol. The lowest BCUT2D eigenvalue weighted by atomic mass is 10.1. The lowest BCUT2D eigenvalue weighted by Gasteiger charge is -2.09. The molecule has 2 aromatic carbocycles. The predicted molar refractivity (Wildman–Crippen MR) is 77.6 cm³/mol. The Morgan fingerprint density at radius 1 is 1.15 bits per heavy atom. The second-order valence-corrected chi connectivity index (χ2v) is 4.45. The Balaban J connectivity index is 1.85. The van der Waals surface area contributed by atoms with Gasteiger partial charge >= 0.3 is 0 Å². The Morgan fingerprint density at radius 3 is 2.40 bits per heavy atom. The van der Waals surface area contributed by atoms with Gasteiger partial charge in [0.05, 0.1) is 6.10 Å². The summed E-state index contributed by atoms with van der Waals surface area (Å²) in [5.74, 6) is 0.436. The molecule has 0 saturated heterocycles. The summed E-state index contributed by atoms with van der Waals surface area (Å²) >= 11 is 0. The highest BCUT2D eigenvalue weighted by Crippen LogP contribution is 2.15. The van der Waals surface area contributed by atoms with Crippen molar-refractivity contribution in [2.45, 2.75) is 13.0 Å². The molecule has 1 amide bonds. The maximum atomic E-state index is 11.7. The number of aliphatic hydroxyl groups excluding tert-OH is 1. The molecule has 4 nitrogen and oxygen atoms in total. The summed E-state index contributed by atoms with van der Waals surface area (Å²) in [6.07, 6.45) is -0.513. The van der Waals surface area contributed by atoms with E-state index in [1.165, 1.54) is 0 Å². The van der Waals surface area contributed by atoms with Gasteiger partial charge < -0.3 is 15.2 Å². The molecule has 0 bridgehead atoms. The number of carbonyl (C=O) groups is 1. The summed E-state index contributed by atoms with van der Waals surface area (Å²) in [7, 11) is 0. The first-order valence-corrected chi connectivity index (χ1v) is 6.41. The number of hydrogen-bond donors (Lipinski definition) is 2. The zero-order valence-corrected chi connectivity index (χ0v) is 11.2. The van der Waals surface area contributed by atoms with E-state index in [0.29, 0.717) is 11.4 Å². The average Bonchev–Trinajstić information content (AvgIpc) is 2.47. The molecule has 0 fully saturated rings. The summed E-state index contributed by atoms with van der Waals surface area (Å²) in [5.41, 5.74) is 1.49. The largest absolute Gasteiger partial charge is 0.484 e. The highest BCUT2D eigenvalue weighted by atomic mass is 16.5. The fourth-order valence-corrected chi connectivity index (χ4v) is 1.71. The van der Waals surface area contributed by atoms with Gasteiger partial charge in [0.25, 0.3) is 5.91 Å². The van der Waals surface area contributed by atoms with Crippen molar-refractivity contribution >= 4 is 11.6 Å². The van der Waals surface area contributed by atoms with Gasteiger partial charge in [0.1, 0.15) is 5.75 Å². The van der Waals surface area contributed by atoms with Crippen molar-refractivity contribution in [1.29, 1.82) is 0 Å². The quantitative estimate of drug-likeness (QED) is 0.879. The lowest BCUT2D eigenvalue weighted by molar-refractivity contribution is -0.118. The molecule has 1 atom stereocenters. The third-order valence-electron chi connectivity index (χ3n) is 2.79. The van der Waals surface area contributed by atoms with Crippen LogP contribution in [0, 0.1) is 0 Å². The van der Waals surface area contributed by atoms with Crippen LogP contribution in [0.3, 0.4) is 0 Å². The van der Waals surface area contributed by atoms with Crippen LogP contribution in [0.15, 0.2) is 54.6 Å². The van der Waals surface area contributed by atoms with E-state index in [4.69, 9.17) is 4.74 Å². The molecule has 0 spiro atoms. The van der Waals surface area contributed by atoms with Crippen LogP contribution in [0.5, 0.6) is 5.75 Å². The normalized spacial score (nSPS) is 11.7. The van der Waals surface area contributed by atoms with Gasteiger partial charge in [-0.2, -0.15) is 0 Å². The van der Waals surface area contributed by atoms with Crippen LogP contribution in [0.25, 0.3) is 0 Å². The first kappa shape index (κ1) is 14.1. The monoisotopic (exact) mass is 271 g/mol. The predicted octanol–water partition coefficient (Wildman–Crippen LogP) is 2.76. The standard InChI is InChI=1S/C16H17NO3/c1-12(18)13-7-9-14(10-8-13)17-16(19)11-20-15-5-3-2-4-6-15/h2-10,12,18H,11H2,1H3,(H,17,19)/t12-/m1/s1. The molecule has 0 aliphatic carbocycles. The summed E-state index contributed by atoms with van der Waals surface area (Å²) < 4.78 is 5.35. The van der Waals surface area contributed by atoms with Crippen molar-refractivity contribution in [2.75, 3.05) is 11.9 Å². The van der Waals surface area contributed by atoms with Gasteiger partial charge in [-0.25, -0.2) is 0 Å². The second kappa shape index (κ2) is 6.73. The zero-order valence-electron chi connectivity index (χ0n) is 11.2. The highest BCUT2D eigenvalue weighted by molar-refractivity contribution is 5.91. The van der Waals surface area contributed by atoms with E-state index in [0.717, 1.165) is 5.56 Å². The number of benzene rings is 2. The molecule has 0 radical (unpaired) electrons. The SMILES string of the molecule is C[C@@H](O)c1ccc(NC(=O)COc2ccccc2)cc1. The van der Waals surface area contributed by atoms with Gasteiger partial charge in [0, 0.05) is 5.69 Å². The van der Waals surface area contributed by atoms with Crippen molar-refractivity contribution < 1.29 is 14.6 Å². The molecule has 0 aliphatic rings. The van der Waals surface area contributed by atoms with Crippen molar-refractivity contribution in [3.8, 4) is 5.75 Å². The molecule has 0 saturated carbocycles. The first-order valence-electron chi connectivity index (χ1n) is 6.41. The number of nitrogens with one attached hydrogen (secondary N) is 1. The van der Waals surface area contributed by atoms with Gasteiger partial charge in [0.15, 0.2) is 6.61 Å². The number of hydrogen-bond acceptors (Lipinski definition) is 3. The Labute approximate surface area is 118 Å². The van der Waals surface area contributed by atoms with E-state index >= 15 is 0 Å². The highest BCUT2D eigenvalue weighted by Gasteiger charge is 2.05. The molecule has 0 unspecified atom stereocenters. The van der Waals surface area contributed by atoms with E-state index in [1.807, 2.05) is 18.2 Å². The van der Waals surface area contributed by atoms with Crippen LogP contribution >= 0.6 is 0 Å². The maximum Gasteiger partial charge on any atom is 0.262 e. The lowest BCUT2D eigenvalue weighted by Crippen LogP contribution is -2.20. The second-order valence-electron chi connectivity index (χ2n) is 4.45. The Morgan fingerprint density at radius 2 is 1.80 bits per heavy atom. The van der Waals surface area contributed by atoms with Gasteiger partial charge in [-0.15, -0.1) is 0 Å². The molecule has 20 heavy (non-hydrogen) atoms. The molecule has 2 N–H and O–H groups in total. The first-order chi connectivity index (χ1) is 9.65. The van der Waals surface area contributed by atoms with Gasteiger partial charge in [-0.1, -0.05) is 30.3 Å². The summed E-state index contributed by atoms with van der Waals surface area (Å²) in [4.78, 5) is 11.7. The van der Waals surface area contributed by atoms with E-state index in [1.54, 1.807) is 43.3 Å². The van der Waals surface area contributed by atoms with Crippen LogP contribution in [0.2, 0.25) is 0 Å². The molecule has 4 heteroatoms. The van der Waals surface area contributed by atoms with Crippen molar-refractivity contribution in [2.24, 2.45) is 0 Å². The molecule has 104 valence electrons. The molecule has 0 aromatic heterocycles. The number of para-hydroxylation sites is 1. The van der Waals surface area contributed by atoms with Gasteiger partial charge in [-0.3, -0.25) is 4.79 Å². The van der Waals surface area contributed by atoms with Crippen LogP contribution < -0.4 is 10.1 Å². The Bertz CT molecular complexity index is 550. The molecule has 0 aliphatic heterocycles. The van der Waals surface area contributed by atoms with E-state index in [2.05, 4.69) is 5.32 Å². The third kappa shape index (κ3) is 4.10. The van der Waals surface area contributed by atoms with Gasteiger partial charge in [0.2, 0.25) is 0 Å². The topological polar surface area (TPSA) is 58.6 Å². The number of ether oxygens (including phenoxy) is 1. The van der Waals surface area contributed by atoms with Crippen LogP contribution in [-0.4, -0.2) is 17.6 Å². The van der Waals surface area contributed by atoms with Crippen LogP contribution in [0.1, 0.15) is 18.6 Å². The van der Waals surface area contributed by atoms with E-state index < -0.39 is 6.10 Å². The minimum atomic E-state index is -0.513. The number of amides is 1. The van der Waals surface area contributed by atoms with E-state index in [9.17, 15) is 9.90 Å². The van der Waals surface area contributed by atoms with Gasteiger partial charge in [-0.05, 0) is 36.8 Å². The number of rotatable bonds is 5. The summed E-state index contributed by atoms with van der Waals surface area (Å²) in [6.45, 7) is 1.66. The summed E-state index contributed by atoms with van der Waals surface area (Å²) in [5, 5.41) is 12.1. The molecule has 2 aromatic rings. The Hall–Kier alpha value is -2.33. The van der Waals surface area contributed by atoms with Crippen molar-refractivity contribution in [3.63, 3.8) is 0 Å². The Kier molecular flexibility index (Phi) is 4.74. The fraction of sp³-hybridized carbons (Fsp3) is 0.188. The van der Waals surface area contributed by atoms with Crippen molar-refractivity contribution in [3.05, 3.63) is 60.2 Å². The zero-order chi connectivity index (χ0) is 14.4. The third-order valence-corrected chi connectivity index (χ3v) is 2.79. The summed E-state index contributed by atoms with van der Waals surface area (Å²) in [6, 6.07) is 16.2. The molecule has 0 heterocycles. The molecular formula is C16H17NO3. The van der Waals surface area contributed by atoms with Crippen LogP contribution in [0.4, 0.5) is 5.69 Å². The smallest absolute Gasteiger partial charge is 0.262 e. The number of anilines is 1. The number of aliphatic hydroxyl groups is 1. The molecule has 2 rings (SSSR count). The van der Waals surface area contributed by atoms with E-state index in [-0.39, 0.29) is 12.5 Å². The maximum absolute atomic E-state index is 11.7. The minimum absolute atomic E-state index is 0.0395.